The molecule has 0 bridgehead atoms. The highest BCUT2D eigenvalue weighted by Gasteiger charge is 2.38. The molecule has 2 aromatic rings. The van der Waals surface area contributed by atoms with Crippen molar-refractivity contribution in [3.8, 4) is 17.0 Å². The molecule has 2 rings (SSSR count). The van der Waals surface area contributed by atoms with Crippen molar-refractivity contribution < 1.29 is 22.6 Å². The number of nitrogens with zero attached hydrogens (tertiary/aromatic N) is 2. The third-order valence-electron chi connectivity index (χ3n) is 4.10. The Labute approximate surface area is 154 Å². The van der Waals surface area contributed by atoms with Crippen LogP contribution < -0.4 is 4.74 Å². The fraction of sp³-hybridized carbons (Fsp3) is 0.444. The molecule has 1 aromatic carbocycles. The van der Waals surface area contributed by atoms with E-state index in [9.17, 15) is 13.2 Å². The largest absolute Gasteiger partial charge is 0.573 e. The summed E-state index contributed by atoms with van der Waals surface area (Å²) in [5.41, 5.74) is 2.98. The topological polar surface area (TPSA) is 43.7 Å². The quantitative estimate of drug-likeness (QED) is 0.559. The number of hydrogen-bond acceptors (Lipinski definition) is 5. The summed E-state index contributed by atoms with van der Waals surface area (Å²) in [5, 5.41) is 1.84. The molecule has 0 radical (unpaired) electrons. The van der Waals surface area contributed by atoms with Gasteiger partial charge in [0.15, 0.2) is 5.75 Å². The number of halogens is 3. The minimum Gasteiger partial charge on any atom is -0.403 e. The van der Waals surface area contributed by atoms with Crippen LogP contribution in [0.15, 0.2) is 21.9 Å². The van der Waals surface area contributed by atoms with Gasteiger partial charge in [0.1, 0.15) is 5.69 Å². The summed E-state index contributed by atoms with van der Waals surface area (Å²) in [4.78, 5) is 8.21. The van der Waals surface area contributed by atoms with Crippen molar-refractivity contribution >= 4 is 23.7 Å². The average Bonchev–Trinajstić information content (AvgIpc) is 3.08. The predicted octanol–water partition coefficient (Wildman–Crippen LogP) is 5.87. The Balaban J connectivity index is 2.88. The van der Waals surface area contributed by atoms with Gasteiger partial charge in [0, 0.05) is 23.6 Å². The maximum Gasteiger partial charge on any atom is 0.573 e. The summed E-state index contributed by atoms with van der Waals surface area (Å²) >= 11 is 1.41. The molecular formula is C18H21F3N2O2S. The minimum absolute atomic E-state index is 0.0785. The average molecular weight is 386 g/mol. The Bertz CT molecular complexity index is 772. The van der Waals surface area contributed by atoms with Crippen molar-refractivity contribution in [3.05, 3.63) is 28.1 Å². The first kappa shape index (κ1) is 20.4. The molecule has 26 heavy (non-hydrogen) atoms. The molecule has 4 nitrogen and oxygen atoms in total. The number of ether oxygens (including phenoxy) is 2. The lowest BCUT2D eigenvalue weighted by Gasteiger charge is -2.29. The van der Waals surface area contributed by atoms with E-state index < -0.39 is 12.0 Å². The number of hydrogen-bond donors (Lipinski definition) is 0. The van der Waals surface area contributed by atoms with Crippen LogP contribution in [0, 0.1) is 0 Å². The van der Waals surface area contributed by atoms with Crippen LogP contribution in [0.5, 0.6) is 5.75 Å². The van der Waals surface area contributed by atoms with Gasteiger partial charge in [0.2, 0.25) is 0 Å². The monoisotopic (exact) mass is 386 g/mol. The molecule has 0 spiro atoms. The van der Waals surface area contributed by atoms with Gasteiger partial charge in [-0.2, -0.15) is 0 Å². The smallest absolute Gasteiger partial charge is 0.403 e. The number of alkyl halides is 3. The lowest BCUT2D eigenvalue weighted by molar-refractivity contribution is -0.275. The summed E-state index contributed by atoms with van der Waals surface area (Å²) in [6.45, 7) is 8.76. The molecule has 1 heterocycles. The van der Waals surface area contributed by atoms with Crippen LogP contribution in [0.2, 0.25) is 0 Å². The van der Waals surface area contributed by atoms with E-state index in [1.807, 2.05) is 12.3 Å². The van der Waals surface area contributed by atoms with Crippen molar-refractivity contribution in [2.45, 2.75) is 45.6 Å². The fourth-order valence-electron chi connectivity index (χ4n) is 2.71. The normalized spacial score (nSPS) is 12.3. The lowest BCUT2D eigenvalue weighted by Crippen LogP contribution is -2.25. The Hall–Kier alpha value is -1.93. The number of methoxy groups -OCH3 is 1. The Kier molecular flexibility index (Phi) is 6.08. The standard InChI is InChI=1S/C18H21F3N2O2S/c1-6-7-11-12(14-9-26-10-23-14)8-13(17(2,3)24-5)16(15(11)22-4)25-18(19,20)21/h8-10H,4,6-7H2,1-3,5H3. The van der Waals surface area contributed by atoms with Gasteiger partial charge in [0.25, 0.3) is 0 Å². The molecule has 0 aliphatic carbocycles. The zero-order chi connectivity index (χ0) is 19.5. The highest BCUT2D eigenvalue weighted by molar-refractivity contribution is 7.07. The summed E-state index contributed by atoms with van der Waals surface area (Å²) in [5.74, 6) is -0.373. The Morgan fingerprint density at radius 2 is 2.00 bits per heavy atom. The van der Waals surface area contributed by atoms with Crippen LogP contribution in [-0.4, -0.2) is 25.2 Å². The number of benzene rings is 1. The molecule has 0 aliphatic rings. The molecule has 0 aliphatic heterocycles. The van der Waals surface area contributed by atoms with E-state index in [4.69, 9.17) is 4.74 Å². The molecule has 8 heteroatoms. The van der Waals surface area contributed by atoms with Gasteiger partial charge in [-0.15, -0.1) is 24.5 Å². The van der Waals surface area contributed by atoms with Gasteiger partial charge < -0.3 is 9.47 Å². The molecule has 0 N–H and O–H groups in total. The molecule has 0 saturated heterocycles. The maximum absolute atomic E-state index is 13.1. The molecule has 0 atom stereocenters. The molecule has 0 amide bonds. The van der Waals surface area contributed by atoms with Gasteiger partial charge in [0.05, 0.1) is 16.8 Å². The van der Waals surface area contributed by atoms with Crippen molar-refractivity contribution in [1.29, 1.82) is 0 Å². The van der Waals surface area contributed by atoms with E-state index in [2.05, 4.69) is 21.4 Å². The van der Waals surface area contributed by atoms with Crippen LogP contribution in [0.4, 0.5) is 18.9 Å². The van der Waals surface area contributed by atoms with E-state index in [-0.39, 0.29) is 17.0 Å². The minimum atomic E-state index is -4.86. The SMILES string of the molecule is C=Nc1c(CCC)c(-c2cscn2)cc(C(C)(C)OC)c1OC(F)(F)F. The highest BCUT2D eigenvalue weighted by Crippen LogP contribution is 2.47. The maximum atomic E-state index is 13.1. The second-order valence-corrected chi connectivity index (χ2v) is 6.89. The lowest BCUT2D eigenvalue weighted by atomic mass is 9.88. The fourth-order valence-corrected chi connectivity index (χ4v) is 3.26. The second-order valence-electron chi connectivity index (χ2n) is 6.17. The van der Waals surface area contributed by atoms with Gasteiger partial charge in [-0.1, -0.05) is 13.3 Å². The van der Waals surface area contributed by atoms with E-state index in [0.29, 0.717) is 23.2 Å². The van der Waals surface area contributed by atoms with Crippen LogP contribution in [0.3, 0.4) is 0 Å². The van der Waals surface area contributed by atoms with E-state index >= 15 is 0 Å². The first-order chi connectivity index (χ1) is 12.1. The van der Waals surface area contributed by atoms with Crippen LogP contribution >= 0.6 is 11.3 Å². The third-order valence-corrected chi connectivity index (χ3v) is 4.69. The van der Waals surface area contributed by atoms with Crippen molar-refractivity contribution in [3.63, 3.8) is 0 Å². The second kappa shape index (κ2) is 7.75. The van der Waals surface area contributed by atoms with Crippen LogP contribution in [0.25, 0.3) is 11.3 Å². The highest BCUT2D eigenvalue weighted by atomic mass is 32.1. The summed E-state index contributed by atoms with van der Waals surface area (Å²) in [6.07, 6.45) is -3.62. The number of rotatable bonds is 7. The predicted molar refractivity (Wildman–Crippen MR) is 97.5 cm³/mol. The van der Waals surface area contributed by atoms with Crippen molar-refractivity contribution in [2.24, 2.45) is 4.99 Å². The zero-order valence-electron chi connectivity index (χ0n) is 15.1. The van der Waals surface area contributed by atoms with Crippen LogP contribution in [-0.2, 0) is 16.8 Å². The van der Waals surface area contributed by atoms with Crippen LogP contribution in [0.1, 0.15) is 38.3 Å². The molecule has 142 valence electrons. The molecule has 0 unspecified atom stereocenters. The number of aliphatic imine (C=N–C) groups is 1. The third kappa shape index (κ3) is 4.24. The van der Waals surface area contributed by atoms with E-state index in [0.717, 1.165) is 6.42 Å². The zero-order valence-corrected chi connectivity index (χ0v) is 15.9. The van der Waals surface area contributed by atoms with Crippen molar-refractivity contribution in [1.82, 2.24) is 4.98 Å². The van der Waals surface area contributed by atoms with Gasteiger partial charge >= 0.3 is 6.36 Å². The first-order valence-electron chi connectivity index (χ1n) is 8.01. The number of aromatic nitrogens is 1. The van der Waals surface area contributed by atoms with Gasteiger partial charge in [-0.05, 0) is 38.6 Å². The molecule has 1 aromatic heterocycles. The summed E-state index contributed by atoms with van der Waals surface area (Å²) in [7, 11) is 1.43. The van der Waals surface area contributed by atoms with E-state index in [1.165, 1.54) is 18.4 Å². The molecular weight excluding hydrogens is 365 g/mol. The van der Waals surface area contributed by atoms with E-state index in [1.54, 1.807) is 25.4 Å². The molecule has 0 fully saturated rings. The van der Waals surface area contributed by atoms with Gasteiger partial charge in [-0.3, -0.25) is 4.99 Å². The Morgan fingerprint density at radius 1 is 1.31 bits per heavy atom. The first-order valence-corrected chi connectivity index (χ1v) is 8.95. The number of thiazole rings is 1. The van der Waals surface area contributed by atoms with Crippen molar-refractivity contribution in [2.75, 3.05) is 7.11 Å². The van der Waals surface area contributed by atoms with Gasteiger partial charge in [-0.25, -0.2) is 4.98 Å². The summed E-state index contributed by atoms with van der Waals surface area (Å²) in [6, 6.07) is 1.65. The molecule has 0 saturated carbocycles. The summed E-state index contributed by atoms with van der Waals surface area (Å²) < 4.78 is 49.1. The Morgan fingerprint density at radius 3 is 2.46 bits per heavy atom.